The maximum atomic E-state index is 13.5. The summed E-state index contributed by atoms with van der Waals surface area (Å²) in [5.41, 5.74) is 5.95. The van der Waals surface area contributed by atoms with Crippen LogP contribution in [-0.2, 0) is 0 Å². The topological polar surface area (TPSA) is 66.5 Å². The minimum absolute atomic E-state index is 0.0443. The summed E-state index contributed by atoms with van der Waals surface area (Å²) >= 11 is 5.73. The highest BCUT2D eigenvalue weighted by Crippen LogP contribution is 2.26. The number of hydrogen-bond donors (Lipinski definition) is 3. The van der Waals surface area contributed by atoms with Crippen LogP contribution in [0.5, 0.6) is 0 Å². The third kappa shape index (κ3) is 2.92. The lowest BCUT2D eigenvalue weighted by Crippen LogP contribution is -2.22. The summed E-state index contributed by atoms with van der Waals surface area (Å²) in [5, 5.41) is 19.5. The van der Waals surface area contributed by atoms with Gasteiger partial charge in [-0.05, 0) is 37.6 Å². The Hall–Kier alpha value is -0.680. The molecule has 5 heteroatoms. The summed E-state index contributed by atoms with van der Waals surface area (Å²) in [5.74, 6) is -0.626. The van der Waals surface area contributed by atoms with Crippen molar-refractivity contribution in [1.29, 1.82) is 0 Å². The predicted molar refractivity (Wildman–Crippen MR) is 60.8 cm³/mol. The van der Waals surface area contributed by atoms with Gasteiger partial charge in [-0.15, -0.1) is 0 Å². The van der Waals surface area contributed by atoms with Gasteiger partial charge in [-0.1, -0.05) is 11.6 Å². The highest BCUT2D eigenvalue weighted by atomic mass is 35.5. The third-order valence-electron chi connectivity index (χ3n) is 2.42. The number of aliphatic hydroxyl groups is 2. The summed E-state index contributed by atoms with van der Waals surface area (Å²) in [7, 11) is 0. The first-order chi connectivity index (χ1) is 7.47. The number of aryl methyl sites for hydroxylation is 1. The first-order valence-electron chi connectivity index (χ1n) is 4.99. The smallest absolute Gasteiger partial charge is 0.130 e. The molecule has 0 aliphatic carbocycles. The van der Waals surface area contributed by atoms with Crippen molar-refractivity contribution in [3.8, 4) is 0 Å². The fourth-order valence-electron chi connectivity index (χ4n) is 1.44. The zero-order valence-corrected chi connectivity index (χ0v) is 9.71. The molecular weight excluding hydrogens is 233 g/mol. The second-order valence-electron chi connectivity index (χ2n) is 3.71. The van der Waals surface area contributed by atoms with E-state index in [1.165, 1.54) is 6.07 Å². The summed E-state index contributed by atoms with van der Waals surface area (Å²) < 4.78 is 13.5. The molecule has 2 unspecified atom stereocenters. The molecule has 0 aliphatic heterocycles. The van der Waals surface area contributed by atoms with Crippen LogP contribution in [0.1, 0.15) is 23.7 Å². The van der Waals surface area contributed by atoms with Crippen molar-refractivity contribution in [2.45, 2.75) is 25.6 Å². The molecule has 0 saturated heterocycles. The molecule has 0 aromatic heterocycles. The van der Waals surface area contributed by atoms with Crippen LogP contribution in [0.25, 0.3) is 0 Å². The van der Waals surface area contributed by atoms with E-state index in [-0.39, 0.29) is 18.5 Å². The maximum Gasteiger partial charge on any atom is 0.130 e. The average molecular weight is 248 g/mol. The predicted octanol–water partition coefficient (Wildman–Crippen LogP) is 1.53. The van der Waals surface area contributed by atoms with E-state index in [1.807, 2.05) is 0 Å². The van der Waals surface area contributed by atoms with Crippen molar-refractivity contribution in [3.05, 3.63) is 34.1 Å². The Morgan fingerprint density at radius 1 is 1.44 bits per heavy atom. The van der Waals surface area contributed by atoms with E-state index in [2.05, 4.69) is 0 Å². The van der Waals surface area contributed by atoms with Crippen LogP contribution in [0.4, 0.5) is 4.39 Å². The van der Waals surface area contributed by atoms with Crippen molar-refractivity contribution in [3.63, 3.8) is 0 Å². The highest BCUT2D eigenvalue weighted by molar-refractivity contribution is 6.31. The van der Waals surface area contributed by atoms with Crippen LogP contribution in [0.3, 0.4) is 0 Å². The second-order valence-corrected chi connectivity index (χ2v) is 4.12. The first-order valence-corrected chi connectivity index (χ1v) is 5.37. The average Bonchev–Trinajstić information content (AvgIpc) is 2.23. The van der Waals surface area contributed by atoms with E-state index >= 15 is 0 Å². The van der Waals surface area contributed by atoms with Gasteiger partial charge in [-0.2, -0.15) is 0 Å². The number of benzene rings is 1. The Kier molecular flexibility index (Phi) is 4.68. The fourth-order valence-corrected chi connectivity index (χ4v) is 1.59. The van der Waals surface area contributed by atoms with Crippen LogP contribution >= 0.6 is 11.6 Å². The molecule has 0 heterocycles. The van der Waals surface area contributed by atoms with Crippen molar-refractivity contribution in [2.75, 3.05) is 6.54 Å². The lowest BCUT2D eigenvalue weighted by molar-refractivity contribution is 0.0129. The molecule has 0 radical (unpaired) electrons. The number of hydrogen-bond acceptors (Lipinski definition) is 3. The van der Waals surface area contributed by atoms with Crippen LogP contribution in [-0.4, -0.2) is 22.9 Å². The van der Waals surface area contributed by atoms with Crippen LogP contribution < -0.4 is 5.73 Å². The Balaban J connectivity index is 2.99. The van der Waals surface area contributed by atoms with Crippen molar-refractivity contribution in [1.82, 2.24) is 0 Å². The molecule has 0 amide bonds. The Morgan fingerprint density at radius 2 is 2.06 bits per heavy atom. The quantitative estimate of drug-likeness (QED) is 0.756. The normalized spacial score (nSPS) is 14.9. The number of aliphatic hydroxyl groups excluding tert-OH is 2. The van der Waals surface area contributed by atoms with E-state index in [9.17, 15) is 14.6 Å². The van der Waals surface area contributed by atoms with Crippen LogP contribution in [0.2, 0.25) is 5.02 Å². The largest absolute Gasteiger partial charge is 0.390 e. The lowest BCUT2D eigenvalue weighted by atomic mass is 10.00. The zero-order chi connectivity index (χ0) is 12.3. The molecule has 0 bridgehead atoms. The van der Waals surface area contributed by atoms with Gasteiger partial charge in [-0.25, -0.2) is 4.39 Å². The summed E-state index contributed by atoms with van der Waals surface area (Å²) in [6.45, 7) is 1.93. The standard InChI is InChI=1S/C11H15ClFNO2/c1-6-4-7(9(13)5-8(6)12)11(16)10(15)2-3-14/h4-5,10-11,15-16H,2-3,14H2,1H3. The fraction of sp³-hybridized carbons (Fsp3) is 0.455. The molecule has 16 heavy (non-hydrogen) atoms. The van der Waals surface area contributed by atoms with Gasteiger partial charge in [0.05, 0.1) is 6.10 Å². The minimum Gasteiger partial charge on any atom is -0.390 e. The van der Waals surface area contributed by atoms with Crippen molar-refractivity contribution < 1.29 is 14.6 Å². The van der Waals surface area contributed by atoms with E-state index in [1.54, 1.807) is 6.92 Å². The number of halogens is 2. The van der Waals surface area contributed by atoms with Gasteiger partial charge in [-0.3, -0.25) is 0 Å². The molecule has 2 atom stereocenters. The summed E-state index contributed by atoms with van der Waals surface area (Å²) in [4.78, 5) is 0. The molecule has 1 aromatic carbocycles. The molecule has 1 aromatic rings. The maximum absolute atomic E-state index is 13.5. The minimum atomic E-state index is -1.28. The van der Waals surface area contributed by atoms with Crippen molar-refractivity contribution in [2.24, 2.45) is 5.73 Å². The molecule has 0 saturated carbocycles. The molecule has 0 spiro atoms. The number of nitrogens with two attached hydrogens (primary N) is 1. The molecule has 0 fully saturated rings. The van der Waals surface area contributed by atoms with Gasteiger partial charge >= 0.3 is 0 Å². The summed E-state index contributed by atoms with van der Waals surface area (Å²) in [6, 6.07) is 2.56. The van der Waals surface area contributed by atoms with Crippen molar-refractivity contribution >= 4 is 11.6 Å². The van der Waals surface area contributed by atoms with Gasteiger partial charge in [0.2, 0.25) is 0 Å². The number of rotatable bonds is 4. The van der Waals surface area contributed by atoms with E-state index in [0.29, 0.717) is 10.6 Å². The molecule has 3 nitrogen and oxygen atoms in total. The summed E-state index contributed by atoms with van der Waals surface area (Å²) in [6.07, 6.45) is -2.14. The highest BCUT2D eigenvalue weighted by Gasteiger charge is 2.21. The van der Waals surface area contributed by atoms with E-state index in [4.69, 9.17) is 17.3 Å². The van der Waals surface area contributed by atoms with Gasteiger partial charge < -0.3 is 15.9 Å². The van der Waals surface area contributed by atoms with Crippen LogP contribution in [0.15, 0.2) is 12.1 Å². The Morgan fingerprint density at radius 3 is 2.62 bits per heavy atom. The first kappa shape index (κ1) is 13.4. The molecule has 90 valence electrons. The molecule has 0 aliphatic rings. The van der Waals surface area contributed by atoms with Gasteiger partial charge in [0, 0.05) is 10.6 Å². The Bertz CT molecular complexity index is 373. The SMILES string of the molecule is Cc1cc(C(O)C(O)CCN)c(F)cc1Cl. The van der Waals surface area contributed by atoms with Crippen LogP contribution in [0, 0.1) is 12.7 Å². The second kappa shape index (κ2) is 5.59. The van der Waals surface area contributed by atoms with Gasteiger partial charge in [0.1, 0.15) is 11.9 Å². The third-order valence-corrected chi connectivity index (χ3v) is 2.83. The van der Waals surface area contributed by atoms with Gasteiger partial charge in [0.25, 0.3) is 0 Å². The van der Waals surface area contributed by atoms with Gasteiger partial charge in [0.15, 0.2) is 0 Å². The molecular formula is C11H15ClFNO2. The lowest BCUT2D eigenvalue weighted by Gasteiger charge is -2.18. The van der Waals surface area contributed by atoms with E-state index in [0.717, 1.165) is 6.07 Å². The van der Waals surface area contributed by atoms with E-state index < -0.39 is 18.0 Å². The molecule has 1 rings (SSSR count). The monoisotopic (exact) mass is 247 g/mol. The zero-order valence-electron chi connectivity index (χ0n) is 8.95. The Labute approximate surface area is 98.7 Å². The molecule has 4 N–H and O–H groups in total.